The van der Waals surface area contributed by atoms with Crippen LogP contribution in [0.3, 0.4) is 0 Å². The predicted molar refractivity (Wildman–Crippen MR) is 171 cm³/mol. The zero-order valence-corrected chi connectivity index (χ0v) is 27.8. The average Bonchev–Trinajstić information content (AvgIpc) is 3.30. The molecule has 5 rings (SSSR count). The molecule has 0 aromatic heterocycles. The highest BCUT2D eigenvalue weighted by Gasteiger charge is 2.59. The third-order valence-corrected chi connectivity index (χ3v) is 14.1. The number of allylic oxidation sites excluding steroid dienone is 1. The molecule has 3 saturated carbocycles. The number of nitrogens with one attached hydrogen (secondary N) is 1. The topological polar surface area (TPSA) is 72.5 Å². The second-order valence-electron chi connectivity index (χ2n) is 15.1. The van der Waals surface area contributed by atoms with Gasteiger partial charge in [-0.05, 0) is 116 Å². The summed E-state index contributed by atoms with van der Waals surface area (Å²) in [6.45, 7) is 14.1. The second-order valence-corrected chi connectivity index (χ2v) is 17.4. The summed E-state index contributed by atoms with van der Waals surface area (Å²) in [6.07, 6.45) is 15.7. The summed E-state index contributed by atoms with van der Waals surface area (Å²) < 4.78 is 30.1. The van der Waals surface area contributed by atoms with Gasteiger partial charge in [0, 0.05) is 12.1 Å². The fraction of sp³-hybridized carbons (Fsp3) is 0.750. The van der Waals surface area contributed by atoms with Crippen molar-refractivity contribution in [1.82, 2.24) is 0 Å². The maximum Gasteiger partial charge on any atom is 0.411 e. The van der Waals surface area contributed by atoms with Gasteiger partial charge in [-0.2, -0.15) is 0 Å². The Morgan fingerprint density at radius 1 is 1.00 bits per heavy atom. The molecule has 1 aromatic rings. The number of hydrogen-bond donors (Lipinski definition) is 1. The summed E-state index contributed by atoms with van der Waals surface area (Å²) in [4.78, 5) is 13.0. The fourth-order valence-electron chi connectivity index (χ4n) is 9.96. The first-order valence-electron chi connectivity index (χ1n) is 16.9. The SMILES string of the molecule is CCS(=O)(=O)c1ccc(NC(=O)O[C@@H]2CC[C@@]3(C)C(=CC[C@H]4[C@@H]5CC[C@H]([C@@H](C)CCCC(C)C)[C@@]5(C)CC[C@@H]43)C2)cc1. The molecule has 3 fully saturated rings. The lowest BCUT2D eigenvalue weighted by Crippen LogP contribution is -2.51. The van der Waals surface area contributed by atoms with Crippen LogP contribution in [0.4, 0.5) is 10.5 Å². The van der Waals surface area contributed by atoms with Crippen molar-refractivity contribution in [2.24, 2.45) is 46.3 Å². The van der Waals surface area contributed by atoms with Gasteiger partial charge >= 0.3 is 6.09 Å². The van der Waals surface area contributed by atoms with Crippen molar-refractivity contribution in [3.05, 3.63) is 35.9 Å². The Kier molecular flexibility index (Phi) is 9.24. The van der Waals surface area contributed by atoms with E-state index in [-0.39, 0.29) is 22.2 Å². The number of carbonyl (C=O) groups is 1. The van der Waals surface area contributed by atoms with Crippen molar-refractivity contribution in [3.63, 3.8) is 0 Å². The molecule has 4 aliphatic carbocycles. The van der Waals surface area contributed by atoms with E-state index in [0.29, 0.717) is 11.1 Å². The molecule has 1 aromatic carbocycles. The lowest BCUT2D eigenvalue weighted by Gasteiger charge is -2.58. The van der Waals surface area contributed by atoms with E-state index < -0.39 is 15.9 Å². The molecule has 0 aliphatic heterocycles. The summed E-state index contributed by atoms with van der Waals surface area (Å²) in [5.74, 6) is 4.97. The summed E-state index contributed by atoms with van der Waals surface area (Å²) in [5.41, 5.74) is 2.78. The molecular weight excluding hydrogens is 542 g/mol. The van der Waals surface area contributed by atoms with Crippen LogP contribution in [0.1, 0.15) is 112 Å². The van der Waals surface area contributed by atoms with Crippen molar-refractivity contribution in [2.45, 2.75) is 123 Å². The molecule has 42 heavy (non-hydrogen) atoms. The highest BCUT2D eigenvalue weighted by atomic mass is 32.2. The van der Waals surface area contributed by atoms with Gasteiger partial charge < -0.3 is 4.74 Å². The number of amides is 1. The molecule has 6 heteroatoms. The minimum absolute atomic E-state index is 0.0537. The molecule has 234 valence electrons. The van der Waals surface area contributed by atoms with Gasteiger partial charge in [0.2, 0.25) is 0 Å². The molecule has 8 atom stereocenters. The Bertz CT molecular complexity index is 1250. The van der Waals surface area contributed by atoms with E-state index in [4.69, 9.17) is 4.74 Å². The van der Waals surface area contributed by atoms with Crippen LogP contribution in [0.5, 0.6) is 0 Å². The molecule has 5 nitrogen and oxygen atoms in total. The monoisotopic (exact) mass is 597 g/mol. The van der Waals surface area contributed by atoms with Gasteiger partial charge in [0.05, 0.1) is 10.6 Å². The molecule has 0 bridgehead atoms. The molecule has 1 N–H and O–H groups in total. The van der Waals surface area contributed by atoms with Gasteiger partial charge in [0.15, 0.2) is 9.84 Å². The second kappa shape index (κ2) is 12.3. The highest BCUT2D eigenvalue weighted by Crippen LogP contribution is 2.67. The lowest BCUT2D eigenvalue weighted by atomic mass is 9.47. The van der Waals surface area contributed by atoms with Crippen LogP contribution >= 0.6 is 0 Å². The van der Waals surface area contributed by atoms with Gasteiger partial charge in [-0.1, -0.05) is 72.5 Å². The Balaban J connectivity index is 1.19. The number of carbonyl (C=O) groups excluding carboxylic acids is 1. The molecule has 0 radical (unpaired) electrons. The van der Waals surface area contributed by atoms with Crippen LogP contribution in [-0.2, 0) is 14.6 Å². The number of fused-ring (bicyclic) bond motifs is 5. The maximum absolute atomic E-state index is 12.8. The van der Waals surface area contributed by atoms with Crippen molar-refractivity contribution < 1.29 is 17.9 Å². The Morgan fingerprint density at radius 3 is 2.43 bits per heavy atom. The molecule has 0 saturated heterocycles. The fourth-order valence-corrected chi connectivity index (χ4v) is 10.8. The van der Waals surface area contributed by atoms with Gasteiger partial charge in [-0.25, -0.2) is 13.2 Å². The minimum atomic E-state index is -3.26. The van der Waals surface area contributed by atoms with Crippen LogP contribution < -0.4 is 5.32 Å². The number of hydrogen-bond acceptors (Lipinski definition) is 4. The molecule has 0 spiro atoms. The van der Waals surface area contributed by atoms with Gasteiger partial charge in [0.25, 0.3) is 0 Å². The van der Waals surface area contributed by atoms with Crippen molar-refractivity contribution in [1.29, 1.82) is 0 Å². The maximum atomic E-state index is 12.8. The first-order chi connectivity index (χ1) is 19.9. The van der Waals surface area contributed by atoms with E-state index in [1.54, 1.807) is 31.2 Å². The normalized spacial score (nSPS) is 35.0. The van der Waals surface area contributed by atoms with Crippen molar-refractivity contribution >= 4 is 21.6 Å². The van der Waals surface area contributed by atoms with Gasteiger partial charge in [0.1, 0.15) is 6.10 Å². The number of anilines is 1. The van der Waals surface area contributed by atoms with Crippen LogP contribution in [0, 0.1) is 46.3 Å². The average molecular weight is 598 g/mol. The van der Waals surface area contributed by atoms with E-state index in [2.05, 4.69) is 46.0 Å². The third-order valence-electron chi connectivity index (χ3n) is 12.4. The van der Waals surface area contributed by atoms with Crippen molar-refractivity contribution in [3.8, 4) is 0 Å². The Hall–Kier alpha value is -1.82. The third kappa shape index (κ3) is 6.08. The standard InChI is InChI=1S/C36H55NO4S/c1-7-42(39,40)29-14-12-27(13-15-29)37-34(38)41-28-19-21-35(5)26(23-28)11-16-30-32-18-17-31(25(4)10-8-9-24(2)3)36(32,6)22-20-33(30)35/h11-15,24-25,28,30-33H,7-10,16-23H2,1-6H3,(H,37,38)/t25-,28+,30-,31+,32-,33-,35-,36+/m0/s1. The first kappa shape index (κ1) is 31.6. The number of benzene rings is 1. The molecular formula is C36H55NO4S. The smallest absolute Gasteiger partial charge is 0.411 e. The molecule has 0 heterocycles. The molecule has 1 amide bonds. The zero-order chi connectivity index (χ0) is 30.3. The summed E-state index contributed by atoms with van der Waals surface area (Å²) >= 11 is 0. The minimum Gasteiger partial charge on any atom is -0.446 e. The Morgan fingerprint density at radius 2 is 1.74 bits per heavy atom. The predicted octanol–water partition coefficient (Wildman–Crippen LogP) is 9.44. The van der Waals surface area contributed by atoms with Crippen LogP contribution in [0.2, 0.25) is 0 Å². The largest absolute Gasteiger partial charge is 0.446 e. The van der Waals surface area contributed by atoms with Crippen LogP contribution in [0.25, 0.3) is 0 Å². The van der Waals surface area contributed by atoms with Crippen molar-refractivity contribution in [2.75, 3.05) is 11.1 Å². The molecule has 0 unspecified atom stereocenters. The van der Waals surface area contributed by atoms with Gasteiger partial charge in [-0.15, -0.1) is 0 Å². The Labute approximate surface area is 255 Å². The van der Waals surface area contributed by atoms with Gasteiger partial charge in [-0.3, -0.25) is 5.32 Å². The van der Waals surface area contributed by atoms with E-state index in [1.807, 2.05) is 0 Å². The van der Waals surface area contributed by atoms with E-state index in [0.717, 1.165) is 54.8 Å². The van der Waals surface area contributed by atoms with E-state index >= 15 is 0 Å². The quantitative estimate of drug-likeness (QED) is 0.288. The summed E-state index contributed by atoms with van der Waals surface area (Å²) in [7, 11) is -3.26. The molecule has 4 aliphatic rings. The van der Waals surface area contributed by atoms with E-state index in [1.165, 1.54) is 56.9 Å². The van der Waals surface area contributed by atoms with Crippen LogP contribution in [0.15, 0.2) is 40.8 Å². The number of rotatable bonds is 9. The lowest BCUT2D eigenvalue weighted by molar-refractivity contribution is -0.0577. The first-order valence-corrected chi connectivity index (χ1v) is 18.5. The number of ether oxygens (including phenoxy) is 1. The van der Waals surface area contributed by atoms with Crippen LogP contribution in [-0.4, -0.2) is 26.4 Å². The number of sulfone groups is 1. The highest BCUT2D eigenvalue weighted by molar-refractivity contribution is 7.91. The summed E-state index contributed by atoms with van der Waals surface area (Å²) in [5, 5.41) is 2.80. The summed E-state index contributed by atoms with van der Waals surface area (Å²) in [6, 6.07) is 6.34. The zero-order valence-electron chi connectivity index (χ0n) is 27.0. The van der Waals surface area contributed by atoms with E-state index in [9.17, 15) is 13.2 Å².